The Labute approximate surface area is 115 Å². The molecule has 102 valence electrons. The fraction of sp³-hybridized carbons (Fsp3) is 0.571. The molecule has 1 rings (SSSR count). The summed E-state index contributed by atoms with van der Waals surface area (Å²) in [4.78, 5) is 0. The summed E-state index contributed by atoms with van der Waals surface area (Å²) in [5.74, 6) is 0.663. The summed E-state index contributed by atoms with van der Waals surface area (Å²) in [5, 5.41) is -0.122. The smallest absolute Gasteiger partial charge is 0.150 e. The molecule has 1 aromatic rings. The summed E-state index contributed by atoms with van der Waals surface area (Å²) in [7, 11) is -2.90. The van der Waals surface area contributed by atoms with E-state index in [2.05, 4.69) is 0 Å². The Morgan fingerprint density at radius 3 is 2.33 bits per heavy atom. The number of benzene rings is 1. The molecule has 2 atom stereocenters. The van der Waals surface area contributed by atoms with Gasteiger partial charge in [-0.1, -0.05) is 44.2 Å². The van der Waals surface area contributed by atoms with Gasteiger partial charge >= 0.3 is 0 Å². The van der Waals surface area contributed by atoms with Gasteiger partial charge in [0.25, 0.3) is 0 Å². The maximum absolute atomic E-state index is 11.7. The van der Waals surface area contributed by atoms with Crippen LogP contribution in [0.1, 0.15) is 37.6 Å². The van der Waals surface area contributed by atoms with E-state index in [1.54, 1.807) is 0 Å². The molecule has 0 heterocycles. The zero-order valence-corrected chi connectivity index (χ0v) is 12.5. The molecule has 0 aliphatic rings. The summed E-state index contributed by atoms with van der Waals surface area (Å²) < 4.78 is 23.3. The van der Waals surface area contributed by atoms with E-state index in [4.69, 9.17) is 11.6 Å². The Morgan fingerprint density at radius 1 is 1.17 bits per heavy atom. The first-order valence-corrected chi connectivity index (χ1v) is 8.61. The number of hydrogen-bond acceptors (Lipinski definition) is 2. The third-order valence-electron chi connectivity index (χ3n) is 3.02. The molecule has 0 N–H and O–H groups in total. The minimum atomic E-state index is -2.90. The van der Waals surface area contributed by atoms with Crippen LogP contribution in [0.15, 0.2) is 30.3 Å². The fourth-order valence-corrected chi connectivity index (χ4v) is 3.72. The normalized spacial score (nSPS) is 15.3. The molecule has 2 nitrogen and oxygen atoms in total. The second-order valence-corrected chi connectivity index (χ2v) is 7.50. The number of rotatable bonds is 7. The van der Waals surface area contributed by atoms with E-state index in [0.717, 1.165) is 5.56 Å². The van der Waals surface area contributed by atoms with Crippen molar-refractivity contribution in [2.75, 3.05) is 11.5 Å². The van der Waals surface area contributed by atoms with Gasteiger partial charge in [0.2, 0.25) is 0 Å². The van der Waals surface area contributed by atoms with Crippen molar-refractivity contribution in [2.24, 2.45) is 5.92 Å². The topological polar surface area (TPSA) is 34.1 Å². The molecule has 2 unspecified atom stereocenters. The van der Waals surface area contributed by atoms with E-state index in [0.29, 0.717) is 12.8 Å². The Kier molecular flexibility index (Phi) is 6.16. The van der Waals surface area contributed by atoms with Crippen LogP contribution in [0.5, 0.6) is 0 Å². The van der Waals surface area contributed by atoms with Crippen LogP contribution in [0, 0.1) is 5.92 Å². The molecule has 0 amide bonds. The maximum atomic E-state index is 11.7. The van der Waals surface area contributed by atoms with E-state index in [1.165, 1.54) is 0 Å². The molecule has 0 fully saturated rings. The van der Waals surface area contributed by atoms with E-state index >= 15 is 0 Å². The van der Waals surface area contributed by atoms with Crippen molar-refractivity contribution < 1.29 is 8.42 Å². The summed E-state index contributed by atoms with van der Waals surface area (Å²) in [6.07, 6.45) is 1.30. The van der Waals surface area contributed by atoms with Gasteiger partial charge in [0, 0.05) is 5.75 Å². The van der Waals surface area contributed by atoms with Gasteiger partial charge in [0.15, 0.2) is 0 Å². The summed E-state index contributed by atoms with van der Waals surface area (Å²) in [5.41, 5.74) is 1.06. The first-order valence-electron chi connectivity index (χ1n) is 6.35. The highest BCUT2D eigenvalue weighted by Crippen LogP contribution is 2.30. The molecule has 1 aromatic carbocycles. The summed E-state index contributed by atoms with van der Waals surface area (Å²) >= 11 is 6.37. The zero-order chi connectivity index (χ0) is 13.6. The molecule has 0 bridgehead atoms. The van der Waals surface area contributed by atoms with Crippen LogP contribution in [0.4, 0.5) is 0 Å². The van der Waals surface area contributed by atoms with Gasteiger partial charge in [0.1, 0.15) is 9.84 Å². The number of hydrogen-bond donors (Lipinski definition) is 0. The lowest BCUT2D eigenvalue weighted by molar-refractivity contribution is 0.530. The van der Waals surface area contributed by atoms with Crippen LogP contribution in [-0.2, 0) is 9.84 Å². The Bertz CT molecular complexity index is 442. The van der Waals surface area contributed by atoms with Crippen molar-refractivity contribution in [3.8, 4) is 0 Å². The van der Waals surface area contributed by atoms with Crippen molar-refractivity contribution in [2.45, 2.75) is 32.1 Å². The largest absolute Gasteiger partial charge is 0.229 e. The number of sulfone groups is 1. The van der Waals surface area contributed by atoms with E-state index in [1.807, 2.05) is 44.2 Å². The Morgan fingerprint density at radius 2 is 1.78 bits per heavy atom. The van der Waals surface area contributed by atoms with Gasteiger partial charge in [-0.2, -0.15) is 0 Å². The molecule has 0 aliphatic heterocycles. The van der Waals surface area contributed by atoms with Crippen LogP contribution in [-0.4, -0.2) is 19.9 Å². The van der Waals surface area contributed by atoms with Gasteiger partial charge in [-0.3, -0.25) is 0 Å². The minimum absolute atomic E-state index is 0.122. The van der Waals surface area contributed by atoms with Gasteiger partial charge in [-0.05, 0) is 24.3 Å². The molecule has 0 aromatic heterocycles. The predicted octanol–water partition coefficient (Wildman–Crippen LogP) is 3.82. The van der Waals surface area contributed by atoms with Crippen LogP contribution in [0.25, 0.3) is 0 Å². The highest BCUT2D eigenvalue weighted by molar-refractivity contribution is 7.91. The van der Waals surface area contributed by atoms with Gasteiger partial charge in [-0.15, -0.1) is 11.6 Å². The molecular weight excluding hydrogens is 268 g/mol. The second kappa shape index (κ2) is 7.15. The lowest BCUT2D eigenvalue weighted by Crippen LogP contribution is -2.15. The van der Waals surface area contributed by atoms with Crippen molar-refractivity contribution in [3.05, 3.63) is 35.9 Å². The molecule has 0 saturated carbocycles. The highest BCUT2D eigenvalue weighted by atomic mass is 35.5. The molecule has 18 heavy (non-hydrogen) atoms. The van der Waals surface area contributed by atoms with Gasteiger partial charge in [0.05, 0.1) is 11.1 Å². The number of halogens is 1. The standard InChI is InChI=1S/C14H21ClO2S/c1-3-10-18(16,17)11-9-12(2)14(15)13-7-5-4-6-8-13/h4-8,12,14H,3,9-11H2,1-2H3. The maximum Gasteiger partial charge on any atom is 0.150 e. The van der Waals surface area contributed by atoms with Gasteiger partial charge in [-0.25, -0.2) is 8.42 Å². The summed E-state index contributed by atoms with van der Waals surface area (Å²) in [6, 6.07) is 9.81. The van der Waals surface area contributed by atoms with E-state index in [9.17, 15) is 8.42 Å². The molecule has 0 spiro atoms. The predicted molar refractivity (Wildman–Crippen MR) is 77.8 cm³/mol. The van der Waals surface area contributed by atoms with Crippen molar-refractivity contribution in [1.29, 1.82) is 0 Å². The van der Waals surface area contributed by atoms with Crippen molar-refractivity contribution >= 4 is 21.4 Å². The molecule has 0 aliphatic carbocycles. The lowest BCUT2D eigenvalue weighted by Gasteiger charge is -2.18. The van der Waals surface area contributed by atoms with E-state index in [-0.39, 0.29) is 22.8 Å². The lowest BCUT2D eigenvalue weighted by atomic mass is 9.98. The minimum Gasteiger partial charge on any atom is -0.229 e. The molecule has 4 heteroatoms. The molecule has 0 saturated heterocycles. The molecular formula is C14H21ClO2S. The first kappa shape index (κ1) is 15.5. The SMILES string of the molecule is CCCS(=O)(=O)CCC(C)C(Cl)c1ccccc1. The van der Waals surface area contributed by atoms with Crippen LogP contribution in [0.2, 0.25) is 0 Å². The second-order valence-electron chi connectivity index (χ2n) is 4.73. The third kappa shape index (κ3) is 4.99. The Hall–Kier alpha value is -0.540. The zero-order valence-electron chi connectivity index (χ0n) is 11.0. The van der Waals surface area contributed by atoms with Crippen molar-refractivity contribution in [1.82, 2.24) is 0 Å². The monoisotopic (exact) mass is 288 g/mol. The third-order valence-corrected chi connectivity index (χ3v) is 5.59. The van der Waals surface area contributed by atoms with Gasteiger partial charge < -0.3 is 0 Å². The van der Waals surface area contributed by atoms with E-state index < -0.39 is 9.84 Å². The van der Waals surface area contributed by atoms with Crippen LogP contribution < -0.4 is 0 Å². The van der Waals surface area contributed by atoms with Crippen molar-refractivity contribution in [3.63, 3.8) is 0 Å². The first-order chi connectivity index (χ1) is 8.46. The number of alkyl halides is 1. The van der Waals surface area contributed by atoms with Crippen LogP contribution in [0.3, 0.4) is 0 Å². The fourth-order valence-electron chi connectivity index (χ4n) is 1.89. The molecule has 0 radical (unpaired) electrons. The Balaban J connectivity index is 2.54. The average molecular weight is 289 g/mol. The highest BCUT2D eigenvalue weighted by Gasteiger charge is 2.19. The quantitative estimate of drug-likeness (QED) is 0.715. The summed E-state index contributed by atoms with van der Waals surface area (Å²) in [6.45, 7) is 3.89. The van der Waals surface area contributed by atoms with Crippen LogP contribution >= 0.6 is 11.6 Å². The average Bonchev–Trinajstić information content (AvgIpc) is 2.36.